The molecule has 1 aliphatic heterocycles. The van der Waals surface area contributed by atoms with Gasteiger partial charge in [-0.05, 0) is 42.0 Å². The first kappa shape index (κ1) is 22.0. The van der Waals surface area contributed by atoms with Crippen molar-refractivity contribution in [1.82, 2.24) is 14.5 Å². The molecule has 0 aromatic heterocycles. The summed E-state index contributed by atoms with van der Waals surface area (Å²) in [5.41, 5.74) is -0.259. The quantitative estimate of drug-likeness (QED) is 0.736. The van der Waals surface area contributed by atoms with Crippen LogP contribution in [0.5, 0.6) is 0 Å². The molecule has 2 amide bonds. The van der Waals surface area contributed by atoms with Crippen LogP contribution in [0, 0.1) is 5.82 Å². The van der Waals surface area contributed by atoms with E-state index in [0.29, 0.717) is 5.56 Å². The average Bonchev–Trinajstić information content (AvgIpc) is 2.72. The molecule has 1 N–H and O–H groups in total. The maximum Gasteiger partial charge on any atom is 0.416 e. The van der Waals surface area contributed by atoms with Crippen LogP contribution in [0.4, 0.5) is 22.4 Å². The monoisotopic (exact) mass is 445 g/mol. The van der Waals surface area contributed by atoms with Crippen molar-refractivity contribution in [1.29, 1.82) is 0 Å². The van der Waals surface area contributed by atoms with E-state index in [9.17, 15) is 30.8 Å². The summed E-state index contributed by atoms with van der Waals surface area (Å²) in [5, 5.41) is 2.61. The Labute approximate surface area is 171 Å². The van der Waals surface area contributed by atoms with Crippen molar-refractivity contribution in [3.63, 3.8) is 0 Å². The van der Waals surface area contributed by atoms with Gasteiger partial charge in [-0.25, -0.2) is 17.6 Å². The smallest absolute Gasteiger partial charge is 0.334 e. The lowest BCUT2D eigenvalue weighted by molar-refractivity contribution is -0.137. The van der Waals surface area contributed by atoms with Gasteiger partial charge in [-0.15, -0.1) is 0 Å². The Hall–Kier alpha value is -2.66. The largest absolute Gasteiger partial charge is 0.416 e. The second-order valence-corrected chi connectivity index (χ2v) is 8.64. The lowest BCUT2D eigenvalue weighted by atomic mass is 10.1. The van der Waals surface area contributed by atoms with Crippen molar-refractivity contribution < 1.29 is 30.8 Å². The van der Waals surface area contributed by atoms with Crippen LogP contribution in [0.15, 0.2) is 53.4 Å². The van der Waals surface area contributed by atoms with Gasteiger partial charge in [0.1, 0.15) is 5.82 Å². The van der Waals surface area contributed by atoms with Crippen molar-refractivity contribution in [2.75, 3.05) is 26.2 Å². The first-order valence-corrected chi connectivity index (χ1v) is 10.5. The van der Waals surface area contributed by atoms with E-state index < -0.39 is 33.6 Å². The maximum atomic E-state index is 13.0. The number of sulfonamides is 1. The molecular weight excluding hydrogens is 426 g/mol. The third kappa shape index (κ3) is 5.08. The van der Waals surface area contributed by atoms with Crippen LogP contribution >= 0.6 is 0 Å². The minimum Gasteiger partial charge on any atom is -0.334 e. The van der Waals surface area contributed by atoms with Gasteiger partial charge >= 0.3 is 12.2 Å². The molecule has 3 rings (SSSR count). The number of amides is 2. The number of nitrogens with one attached hydrogen (secondary N) is 1. The molecule has 30 heavy (non-hydrogen) atoms. The number of halogens is 4. The summed E-state index contributed by atoms with van der Waals surface area (Å²) in [7, 11) is -3.78. The highest BCUT2D eigenvalue weighted by molar-refractivity contribution is 7.89. The highest BCUT2D eigenvalue weighted by Gasteiger charge is 2.31. The Balaban J connectivity index is 1.52. The van der Waals surface area contributed by atoms with Gasteiger partial charge in [-0.3, -0.25) is 0 Å². The number of hydrogen-bond donors (Lipinski definition) is 1. The second kappa shape index (κ2) is 8.60. The molecule has 6 nitrogen and oxygen atoms in total. The number of hydrogen-bond acceptors (Lipinski definition) is 3. The molecular formula is C19H19F4N3O3S. The molecule has 1 heterocycles. The topological polar surface area (TPSA) is 69.7 Å². The molecule has 2 aromatic rings. The first-order chi connectivity index (χ1) is 14.1. The fourth-order valence-corrected chi connectivity index (χ4v) is 4.41. The average molecular weight is 445 g/mol. The zero-order chi connectivity index (χ0) is 21.9. The van der Waals surface area contributed by atoms with Crippen molar-refractivity contribution in [2.24, 2.45) is 0 Å². The van der Waals surface area contributed by atoms with Crippen molar-refractivity contribution >= 4 is 16.1 Å². The van der Waals surface area contributed by atoms with E-state index in [0.717, 1.165) is 24.3 Å². The van der Waals surface area contributed by atoms with Gasteiger partial charge < -0.3 is 10.2 Å². The Morgan fingerprint density at radius 2 is 1.50 bits per heavy atom. The minimum atomic E-state index is -4.42. The fourth-order valence-electron chi connectivity index (χ4n) is 2.99. The number of carbonyl (C=O) groups is 1. The highest BCUT2D eigenvalue weighted by Crippen LogP contribution is 2.29. The summed E-state index contributed by atoms with van der Waals surface area (Å²) in [6.07, 6.45) is -4.42. The number of piperazine rings is 1. The standard InChI is InChI=1S/C19H19F4N3O3S/c20-16-5-7-17(8-6-16)30(28,29)26-11-9-25(10-12-26)18(27)24-13-14-1-3-15(4-2-14)19(21,22)23/h1-8H,9-13H2,(H,24,27). The van der Waals surface area contributed by atoms with Gasteiger partial charge in [-0.1, -0.05) is 12.1 Å². The summed E-state index contributed by atoms with van der Waals surface area (Å²) in [6, 6.07) is 8.54. The normalized spacial score (nSPS) is 15.8. The van der Waals surface area contributed by atoms with Crippen molar-refractivity contribution in [3.05, 3.63) is 65.5 Å². The van der Waals surface area contributed by atoms with E-state index in [1.165, 1.54) is 33.5 Å². The van der Waals surface area contributed by atoms with Crippen LogP contribution in [0.1, 0.15) is 11.1 Å². The SMILES string of the molecule is O=C(NCc1ccc(C(F)(F)F)cc1)N1CCN(S(=O)(=O)c2ccc(F)cc2)CC1. The molecule has 0 bridgehead atoms. The summed E-state index contributed by atoms with van der Waals surface area (Å²) in [4.78, 5) is 13.7. The minimum absolute atomic E-state index is 0.0240. The molecule has 0 unspecified atom stereocenters. The predicted molar refractivity (Wildman–Crippen MR) is 100 cm³/mol. The van der Waals surface area contributed by atoms with Crippen LogP contribution in [-0.4, -0.2) is 49.8 Å². The van der Waals surface area contributed by atoms with E-state index in [1.54, 1.807) is 0 Å². The van der Waals surface area contributed by atoms with Crippen molar-refractivity contribution in [2.45, 2.75) is 17.6 Å². The Morgan fingerprint density at radius 3 is 2.03 bits per heavy atom. The molecule has 1 fully saturated rings. The number of nitrogens with zero attached hydrogens (tertiary/aromatic N) is 2. The van der Waals surface area contributed by atoms with Gasteiger partial charge in [-0.2, -0.15) is 17.5 Å². The predicted octanol–water partition coefficient (Wildman–Crippen LogP) is 3.06. The van der Waals surface area contributed by atoms with E-state index in [2.05, 4.69) is 5.32 Å². The van der Waals surface area contributed by atoms with Gasteiger partial charge in [0.15, 0.2) is 0 Å². The fraction of sp³-hybridized carbons (Fsp3) is 0.316. The lowest BCUT2D eigenvalue weighted by Gasteiger charge is -2.34. The van der Waals surface area contributed by atoms with Crippen LogP contribution in [0.25, 0.3) is 0 Å². The zero-order valence-electron chi connectivity index (χ0n) is 15.7. The maximum absolute atomic E-state index is 13.0. The van der Waals surface area contributed by atoms with Gasteiger partial charge in [0, 0.05) is 32.7 Å². The van der Waals surface area contributed by atoms with Crippen molar-refractivity contribution in [3.8, 4) is 0 Å². The van der Waals surface area contributed by atoms with Gasteiger partial charge in [0.25, 0.3) is 0 Å². The molecule has 0 atom stereocenters. The van der Waals surface area contributed by atoms with E-state index in [1.807, 2.05) is 0 Å². The number of rotatable bonds is 4. The summed E-state index contributed by atoms with van der Waals surface area (Å²) in [5.74, 6) is -0.538. The second-order valence-electron chi connectivity index (χ2n) is 6.70. The number of benzene rings is 2. The molecule has 0 spiro atoms. The molecule has 0 saturated carbocycles. The third-order valence-electron chi connectivity index (χ3n) is 4.70. The van der Waals surface area contributed by atoms with Crippen LogP contribution in [0.2, 0.25) is 0 Å². The Bertz CT molecular complexity index is 985. The number of urea groups is 1. The van der Waals surface area contributed by atoms with Crippen LogP contribution in [-0.2, 0) is 22.7 Å². The zero-order valence-corrected chi connectivity index (χ0v) is 16.5. The Morgan fingerprint density at radius 1 is 0.933 bits per heavy atom. The summed E-state index contributed by atoms with van der Waals surface area (Å²) >= 11 is 0. The van der Waals surface area contributed by atoms with Gasteiger partial charge in [0.2, 0.25) is 10.0 Å². The molecule has 0 radical (unpaired) electrons. The highest BCUT2D eigenvalue weighted by atomic mass is 32.2. The molecule has 1 saturated heterocycles. The van der Waals surface area contributed by atoms with E-state index in [-0.39, 0.29) is 37.6 Å². The van der Waals surface area contributed by atoms with E-state index >= 15 is 0 Å². The summed E-state index contributed by atoms with van der Waals surface area (Å²) in [6.45, 7) is 0.504. The van der Waals surface area contributed by atoms with Crippen LogP contribution in [0.3, 0.4) is 0 Å². The van der Waals surface area contributed by atoms with E-state index in [4.69, 9.17) is 0 Å². The molecule has 1 aliphatic rings. The first-order valence-electron chi connectivity index (χ1n) is 9.02. The van der Waals surface area contributed by atoms with Gasteiger partial charge in [0.05, 0.1) is 10.5 Å². The molecule has 2 aromatic carbocycles. The lowest BCUT2D eigenvalue weighted by Crippen LogP contribution is -2.52. The van der Waals surface area contributed by atoms with Crippen LogP contribution < -0.4 is 5.32 Å². The third-order valence-corrected chi connectivity index (χ3v) is 6.62. The summed E-state index contributed by atoms with van der Waals surface area (Å²) < 4.78 is 77.1. The molecule has 0 aliphatic carbocycles. The number of alkyl halides is 3. The molecule has 162 valence electrons. The Kier molecular flexibility index (Phi) is 6.32. The number of carbonyl (C=O) groups excluding carboxylic acids is 1. The molecule has 11 heteroatoms.